The maximum atomic E-state index is 4.25. The highest BCUT2D eigenvalue weighted by atomic mass is 15.3. The van der Waals surface area contributed by atoms with Crippen molar-refractivity contribution in [3.63, 3.8) is 0 Å². The van der Waals surface area contributed by atoms with Crippen LogP contribution in [0.5, 0.6) is 0 Å². The van der Waals surface area contributed by atoms with Crippen molar-refractivity contribution in [3.8, 4) is 0 Å². The molecule has 76 valence electrons. The predicted molar refractivity (Wildman–Crippen MR) is 52.8 cm³/mol. The predicted octanol–water partition coefficient (Wildman–Crippen LogP) is 0.866. The molecule has 1 aliphatic heterocycles. The van der Waals surface area contributed by atoms with Gasteiger partial charge in [0.05, 0.1) is 6.54 Å². The summed E-state index contributed by atoms with van der Waals surface area (Å²) in [5.74, 6) is 2.32. The smallest absolute Gasteiger partial charge is 0.147 e. The lowest BCUT2D eigenvalue weighted by molar-refractivity contribution is 0.497. The third kappa shape index (κ3) is 1.54. The molecular weight excluding hydrogens is 176 g/mol. The molecule has 14 heavy (non-hydrogen) atoms. The summed E-state index contributed by atoms with van der Waals surface area (Å²) in [6.07, 6.45) is 6.33. The summed E-state index contributed by atoms with van der Waals surface area (Å²) in [7, 11) is 0. The van der Waals surface area contributed by atoms with E-state index in [-0.39, 0.29) is 0 Å². The van der Waals surface area contributed by atoms with Gasteiger partial charge in [0.15, 0.2) is 0 Å². The molecule has 0 bridgehead atoms. The highest BCUT2D eigenvalue weighted by Gasteiger charge is 2.22. The van der Waals surface area contributed by atoms with Gasteiger partial charge in [-0.1, -0.05) is 0 Å². The summed E-state index contributed by atoms with van der Waals surface area (Å²) < 4.78 is 2.29. The van der Waals surface area contributed by atoms with Gasteiger partial charge in [-0.25, -0.2) is 0 Å². The van der Waals surface area contributed by atoms with Crippen LogP contribution in [0.25, 0.3) is 0 Å². The number of hydrogen-bond donors (Lipinski definition) is 1. The Labute approximate surface area is 83.7 Å². The van der Waals surface area contributed by atoms with E-state index in [0.717, 1.165) is 31.4 Å². The maximum absolute atomic E-state index is 4.25. The summed E-state index contributed by atoms with van der Waals surface area (Å²) in [4.78, 5) is 0. The average Bonchev–Trinajstić information content (AvgIpc) is 2.96. The molecule has 1 N–H and O–H groups in total. The van der Waals surface area contributed by atoms with Crippen LogP contribution in [0.3, 0.4) is 0 Å². The van der Waals surface area contributed by atoms with Crippen LogP contribution in [-0.4, -0.2) is 20.8 Å². The van der Waals surface area contributed by atoms with E-state index in [1.165, 1.54) is 31.5 Å². The summed E-state index contributed by atoms with van der Waals surface area (Å²) in [6.45, 7) is 2.02. The molecule has 1 aromatic heterocycles. The second kappa shape index (κ2) is 3.35. The lowest BCUT2D eigenvalue weighted by atomic mass is 10.2. The molecule has 4 nitrogen and oxygen atoms in total. The minimum absolute atomic E-state index is 0.756. The van der Waals surface area contributed by atoms with Gasteiger partial charge in [-0.05, 0) is 25.7 Å². The van der Waals surface area contributed by atoms with E-state index in [4.69, 9.17) is 0 Å². The quantitative estimate of drug-likeness (QED) is 0.772. The van der Waals surface area contributed by atoms with Gasteiger partial charge in [0.25, 0.3) is 0 Å². The van der Waals surface area contributed by atoms with E-state index in [1.54, 1.807) is 0 Å². The van der Waals surface area contributed by atoms with E-state index in [2.05, 4.69) is 20.1 Å². The lowest BCUT2D eigenvalue weighted by Gasteiger charge is -2.14. The van der Waals surface area contributed by atoms with Gasteiger partial charge in [0.1, 0.15) is 11.6 Å². The molecule has 1 saturated carbocycles. The molecular formula is C10H16N4. The number of hydrogen-bond acceptors (Lipinski definition) is 3. The topological polar surface area (TPSA) is 42.7 Å². The van der Waals surface area contributed by atoms with Crippen LogP contribution in [0, 0.1) is 0 Å². The SMILES string of the molecule is C1CCn2c(nnc2CNC2CC2)C1. The normalized spacial score (nSPS) is 20.9. The number of fused-ring (bicyclic) bond motifs is 1. The van der Waals surface area contributed by atoms with Gasteiger partial charge in [-0.2, -0.15) is 0 Å². The molecule has 0 atom stereocenters. The van der Waals surface area contributed by atoms with Crippen molar-refractivity contribution in [2.45, 2.75) is 51.2 Å². The molecule has 1 aliphatic carbocycles. The second-order valence-electron chi connectivity index (χ2n) is 4.30. The zero-order chi connectivity index (χ0) is 9.38. The fourth-order valence-corrected chi connectivity index (χ4v) is 2.02. The van der Waals surface area contributed by atoms with Crippen molar-refractivity contribution in [1.82, 2.24) is 20.1 Å². The summed E-state index contributed by atoms with van der Waals surface area (Å²) in [6, 6.07) is 0.756. The van der Waals surface area contributed by atoms with E-state index >= 15 is 0 Å². The van der Waals surface area contributed by atoms with Gasteiger partial charge in [-0.15, -0.1) is 10.2 Å². The first-order valence-corrected chi connectivity index (χ1v) is 5.58. The van der Waals surface area contributed by atoms with Gasteiger partial charge in [0, 0.05) is 19.0 Å². The second-order valence-corrected chi connectivity index (χ2v) is 4.30. The Bertz CT molecular complexity index is 327. The third-order valence-electron chi connectivity index (χ3n) is 3.06. The number of nitrogens with one attached hydrogen (secondary N) is 1. The standard InChI is InChI=1S/C10H16N4/c1-2-6-14-9(3-1)12-13-10(14)7-11-8-4-5-8/h8,11H,1-7H2. The molecule has 4 heteroatoms. The van der Waals surface area contributed by atoms with Crippen molar-refractivity contribution in [1.29, 1.82) is 0 Å². The highest BCUT2D eigenvalue weighted by Crippen LogP contribution is 2.20. The van der Waals surface area contributed by atoms with E-state index in [9.17, 15) is 0 Å². The van der Waals surface area contributed by atoms with Crippen molar-refractivity contribution in [2.75, 3.05) is 0 Å². The Kier molecular flexibility index (Phi) is 2.01. The van der Waals surface area contributed by atoms with Crippen molar-refractivity contribution < 1.29 is 0 Å². The van der Waals surface area contributed by atoms with Crippen LogP contribution < -0.4 is 5.32 Å². The van der Waals surface area contributed by atoms with Crippen molar-refractivity contribution in [3.05, 3.63) is 11.6 Å². The van der Waals surface area contributed by atoms with Crippen LogP contribution in [0.2, 0.25) is 0 Å². The number of rotatable bonds is 3. The molecule has 0 amide bonds. The summed E-state index contributed by atoms with van der Waals surface area (Å²) >= 11 is 0. The van der Waals surface area contributed by atoms with Gasteiger partial charge in [-0.3, -0.25) is 0 Å². The Balaban J connectivity index is 1.72. The molecule has 0 saturated heterocycles. The van der Waals surface area contributed by atoms with Crippen LogP contribution >= 0.6 is 0 Å². The summed E-state index contributed by atoms with van der Waals surface area (Å²) in [5.41, 5.74) is 0. The van der Waals surface area contributed by atoms with E-state index in [0.29, 0.717) is 0 Å². The Morgan fingerprint density at radius 1 is 1.29 bits per heavy atom. The minimum atomic E-state index is 0.756. The number of aryl methyl sites for hydroxylation is 1. The largest absolute Gasteiger partial charge is 0.314 e. The zero-order valence-corrected chi connectivity index (χ0v) is 8.37. The first-order chi connectivity index (χ1) is 6.93. The molecule has 0 spiro atoms. The van der Waals surface area contributed by atoms with Crippen LogP contribution in [0.15, 0.2) is 0 Å². The first-order valence-electron chi connectivity index (χ1n) is 5.58. The first kappa shape index (κ1) is 8.41. The Morgan fingerprint density at radius 3 is 3.07 bits per heavy atom. The molecule has 0 unspecified atom stereocenters. The van der Waals surface area contributed by atoms with E-state index < -0.39 is 0 Å². The molecule has 3 rings (SSSR count). The van der Waals surface area contributed by atoms with Crippen LogP contribution in [0.1, 0.15) is 37.3 Å². The summed E-state index contributed by atoms with van der Waals surface area (Å²) in [5, 5.41) is 12.0. The van der Waals surface area contributed by atoms with Gasteiger partial charge < -0.3 is 9.88 Å². The maximum Gasteiger partial charge on any atom is 0.147 e. The highest BCUT2D eigenvalue weighted by molar-refractivity contribution is 4.99. The van der Waals surface area contributed by atoms with Gasteiger partial charge in [0.2, 0.25) is 0 Å². The lowest BCUT2D eigenvalue weighted by Crippen LogP contribution is -2.21. The van der Waals surface area contributed by atoms with Crippen molar-refractivity contribution in [2.24, 2.45) is 0 Å². The van der Waals surface area contributed by atoms with Crippen LogP contribution in [-0.2, 0) is 19.5 Å². The third-order valence-corrected chi connectivity index (χ3v) is 3.06. The minimum Gasteiger partial charge on any atom is -0.314 e. The molecule has 1 aromatic rings. The zero-order valence-electron chi connectivity index (χ0n) is 8.37. The Morgan fingerprint density at radius 2 is 2.21 bits per heavy atom. The van der Waals surface area contributed by atoms with E-state index in [1.807, 2.05) is 0 Å². The molecule has 2 heterocycles. The fraction of sp³-hybridized carbons (Fsp3) is 0.800. The molecule has 1 fully saturated rings. The van der Waals surface area contributed by atoms with Crippen LogP contribution in [0.4, 0.5) is 0 Å². The molecule has 0 aromatic carbocycles. The van der Waals surface area contributed by atoms with Crippen molar-refractivity contribution >= 4 is 0 Å². The Hall–Kier alpha value is -0.900. The fourth-order valence-electron chi connectivity index (χ4n) is 2.02. The average molecular weight is 192 g/mol. The molecule has 0 radical (unpaired) electrons. The molecule has 2 aliphatic rings. The monoisotopic (exact) mass is 192 g/mol. The van der Waals surface area contributed by atoms with Gasteiger partial charge >= 0.3 is 0 Å². The number of aromatic nitrogens is 3. The number of nitrogens with zero attached hydrogens (tertiary/aromatic N) is 3.